The van der Waals surface area contributed by atoms with Gasteiger partial charge in [0.05, 0.1) is 17.1 Å². The van der Waals surface area contributed by atoms with Gasteiger partial charge < -0.3 is 10.3 Å². The van der Waals surface area contributed by atoms with E-state index in [-0.39, 0.29) is 28.6 Å². The second-order valence-corrected chi connectivity index (χ2v) is 8.56. The van der Waals surface area contributed by atoms with Gasteiger partial charge in [0.15, 0.2) is 0 Å². The Morgan fingerprint density at radius 1 is 0.941 bits per heavy atom. The highest BCUT2D eigenvalue weighted by Crippen LogP contribution is 2.16. The Bertz CT molecular complexity index is 1530. The molecule has 0 saturated heterocycles. The Balaban J connectivity index is 1.51. The Kier molecular flexibility index (Phi) is 6.27. The van der Waals surface area contributed by atoms with Crippen LogP contribution in [0.25, 0.3) is 0 Å². The van der Waals surface area contributed by atoms with E-state index in [0.717, 1.165) is 10.8 Å². The van der Waals surface area contributed by atoms with Gasteiger partial charge in [-0.2, -0.15) is 0 Å². The quantitative estimate of drug-likeness (QED) is 0.350. The molecule has 13 heteroatoms. The van der Waals surface area contributed by atoms with Crippen molar-refractivity contribution in [1.82, 2.24) is 24.5 Å². The SMILES string of the molecule is O=C(Nc1ccc(S(=O)(=O)Nc2ncccn2)cc1)c1c[nH]c(=O)n(Cc2ccccn2)c1=O. The van der Waals surface area contributed by atoms with Crippen LogP contribution in [0.2, 0.25) is 0 Å². The minimum Gasteiger partial charge on any atom is -0.322 e. The van der Waals surface area contributed by atoms with Gasteiger partial charge in [0.2, 0.25) is 5.95 Å². The largest absolute Gasteiger partial charge is 0.328 e. The number of pyridine rings is 1. The molecule has 3 aromatic heterocycles. The number of sulfonamides is 1. The summed E-state index contributed by atoms with van der Waals surface area (Å²) in [6.07, 6.45) is 5.34. The normalized spacial score (nSPS) is 11.1. The minimum absolute atomic E-state index is 0.0834. The molecule has 3 N–H and O–H groups in total. The molecule has 12 nitrogen and oxygen atoms in total. The van der Waals surface area contributed by atoms with Crippen molar-refractivity contribution in [2.24, 2.45) is 0 Å². The van der Waals surface area contributed by atoms with E-state index in [2.05, 4.69) is 30.0 Å². The number of nitrogens with one attached hydrogen (secondary N) is 3. The number of H-pyrrole nitrogens is 1. The lowest BCUT2D eigenvalue weighted by Gasteiger charge is -2.09. The molecule has 0 aliphatic carbocycles. The number of carbonyl (C=O) groups is 1. The molecule has 0 aliphatic rings. The highest BCUT2D eigenvalue weighted by atomic mass is 32.2. The molecule has 3 heterocycles. The molecule has 4 rings (SSSR count). The van der Waals surface area contributed by atoms with E-state index in [1.54, 1.807) is 24.3 Å². The second-order valence-electron chi connectivity index (χ2n) is 6.88. The van der Waals surface area contributed by atoms with Gasteiger partial charge in [-0.1, -0.05) is 6.07 Å². The maximum absolute atomic E-state index is 12.7. The average molecular weight is 479 g/mol. The molecule has 0 saturated carbocycles. The summed E-state index contributed by atoms with van der Waals surface area (Å²) >= 11 is 0. The maximum atomic E-state index is 12.7. The number of hydrogen-bond acceptors (Lipinski definition) is 8. The molecule has 172 valence electrons. The first-order valence-corrected chi connectivity index (χ1v) is 11.3. The molecule has 34 heavy (non-hydrogen) atoms. The van der Waals surface area contributed by atoms with E-state index in [4.69, 9.17) is 0 Å². The number of rotatable bonds is 7. The van der Waals surface area contributed by atoms with Gasteiger partial charge >= 0.3 is 5.69 Å². The molecule has 0 bridgehead atoms. The molecule has 1 amide bonds. The van der Waals surface area contributed by atoms with Crippen LogP contribution in [0.1, 0.15) is 16.1 Å². The van der Waals surface area contributed by atoms with Gasteiger partial charge in [-0.3, -0.25) is 19.1 Å². The third-order valence-corrected chi connectivity index (χ3v) is 5.91. The van der Waals surface area contributed by atoms with Gasteiger partial charge in [-0.05, 0) is 42.5 Å². The second kappa shape index (κ2) is 9.46. The topological polar surface area (TPSA) is 169 Å². The average Bonchev–Trinajstić information content (AvgIpc) is 2.83. The van der Waals surface area contributed by atoms with Crippen molar-refractivity contribution in [1.29, 1.82) is 0 Å². The number of aromatic amines is 1. The number of amides is 1. The van der Waals surface area contributed by atoms with Crippen LogP contribution in [0.5, 0.6) is 0 Å². The highest BCUT2D eigenvalue weighted by molar-refractivity contribution is 7.92. The van der Waals surface area contributed by atoms with E-state index >= 15 is 0 Å². The molecular formula is C21H17N7O5S. The van der Waals surface area contributed by atoms with Crippen molar-refractivity contribution in [3.63, 3.8) is 0 Å². The zero-order chi connectivity index (χ0) is 24.1. The molecule has 0 radical (unpaired) electrons. The van der Waals surface area contributed by atoms with Crippen molar-refractivity contribution in [2.75, 3.05) is 10.0 Å². The zero-order valence-corrected chi connectivity index (χ0v) is 18.2. The van der Waals surface area contributed by atoms with Crippen LogP contribution in [0.4, 0.5) is 11.6 Å². The van der Waals surface area contributed by atoms with Gasteiger partial charge in [0, 0.05) is 30.5 Å². The predicted octanol–water partition coefficient (Wildman–Crippen LogP) is 0.823. The Labute approximate surface area is 192 Å². The lowest BCUT2D eigenvalue weighted by atomic mass is 10.2. The van der Waals surface area contributed by atoms with E-state index in [1.165, 1.54) is 42.9 Å². The molecule has 0 atom stereocenters. The predicted molar refractivity (Wildman–Crippen MR) is 122 cm³/mol. The summed E-state index contributed by atoms with van der Waals surface area (Å²) in [4.78, 5) is 51.5. The number of aromatic nitrogens is 5. The summed E-state index contributed by atoms with van der Waals surface area (Å²) in [6, 6.07) is 11.9. The highest BCUT2D eigenvalue weighted by Gasteiger charge is 2.18. The minimum atomic E-state index is -3.94. The number of hydrogen-bond donors (Lipinski definition) is 3. The van der Waals surface area contributed by atoms with Crippen LogP contribution < -0.4 is 21.3 Å². The monoisotopic (exact) mass is 479 g/mol. The van der Waals surface area contributed by atoms with Gasteiger partial charge in [0.25, 0.3) is 21.5 Å². The molecule has 0 unspecified atom stereocenters. The lowest BCUT2D eigenvalue weighted by molar-refractivity contribution is 0.102. The number of carbonyl (C=O) groups excluding carboxylic acids is 1. The van der Waals surface area contributed by atoms with Crippen molar-refractivity contribution < 1.29 is 13.2 Å². The standard InChI is InChI=1S/C21H17N7O5S/c29-18(17-12-25-21(31)28(19(17)30)13-15-4-1-2-9-22-15)26-14-5-7-16(8-6-14)34(32,33)27-20-23-10-3-11-24-20/h1-12H,13H2,(H,25,31)(H,26,29)(H,23,24,27). The summed E-state index contributed by atoms with van der Waals surface area (Å²) in [5.74, 6) is -0.859. The molecular weight excluding hydrogens is 462 g/mol. The summed E-state index contributed by atoms with van der Waals surface area (Å²) in [5, 5.41) is 2.51. The van der Waals surface area contributed by atoms with E-state index in [1.807, 2.05) is 0 Å². The van der Waals surface area contributed by atoms with Crippen LogP contribution >= 0.6 is 0 Å². The van der Waals surface area contributed by atoms with E-state index < -0.39 is 27.2 Å². The van der Waals surface area contributed by atoms with Crippen molar-refractivity contribution >= 4 is 27.6 Å². The van der Waals surface area contributed by atoms with E-state index in [0.29, 0.717) is 5.69 Å². The summed E-state index contributed by atoms with van der Waals surface area (Å²) in [5.41, 5.74) is -1.06. The summed E-state index contributed by atoms with van der Waals surface area (Å²) in [6.45, 7) is -0.110. The van der Waals surface area contributed by atoms with Crippen LogP contribution in [0, 0.1) is 0 Å². The van der Waals surface area contributed by atoms with Crippen LogP contribution in [-0.2, 0) is 16.6 Å². The van der Waals surface area contributed by atoms with E-state index in [9.17, 15) is 22.8 Å². The Morgan fingerprint density at radius 2 is 1.65 bits per heavy atom. The number of nitrogens with zero attached hydrogens (tertiary/aromatic N) is 4. The number of benzene rings is 1. The molecule has 1 aromatic carbocycles. The zero-order valence-electron chi connectivity index (χ0n) is 17.4. The Morgan fingerprint density at radius 3 is 2.32 bits per heavy atom. The molecule has 4 aromatic rings. The third kappa shape index (κ3) is 5.05. The van der Waals surface area contributed by atoms with Crippen molar-refractivity contribution in [2.45, 2.75) is 11.4 Å². The first-order valence-electron chi connectivity index (χ1n) is 9.77. The molecule has 0 aliphatic heterocycles. The smallest absolute Gasteiger partial charge is 0.322 e. The van der Waals surface area contributed by atoms with Crippen molar-refractivity contribution in [3.05, 3.63) is 105 Å². The van der Waals surface area contributed by atoms with Crippen LogP contribution in [0.3, 0.4) is 0 Å². The van der Waals surface area contributed by atoms with Crippen LogP contribution in [0.15, 0.2) is 87.8 Å². The van der Waals surface area contributed by atoms with Gasteiger partial charge in [-0.25, -0.2) is 27.9 Å². The van der Waals surface area contributed by atoms with Gasteiger partial charge in [0.1, 0.15) is 5.56 Å². The maximum Gasteiger partial charge on any atom is 0.328 e. The third-order valence-electron chi connectivity index (χ3n) is 4.57. The first-order chi connectivity index (χ1) is 16.3. The number of anilines is 2. The van der Waals surface area contributed by atoms with Gasteiger partial charge in [-0.15, -0.1) is 0 Å². The Hall–Kier alpha value is -4.65. The summed E-state index contributed by atoms with van der Waals surface area (Å²) < 4.78 is 28.0. The first kappa shape index (κ1) is 22.5. The lowest BCUT2D eigenvalue weighted by Crippen LogP contribution is -2.39. The van der Waals surface area contributed by atoms with Crippen LogP contribution in [-0.4, -0.2) is 38.8 Å². The van der Waals surface area contributed by atoms with Crippen molar-refractivity contribution in [3.8, 4) is 0 Å². The molecule has 0 fully saturated rings. The fourth-order valence-corrected chi connectivity index (χ4v) is 3.88. The fraction of sp³-hybridized carbons (Fsp3) is 0.0476. The fourth-order valence-electron chi connectivity index (χ4n) is 2.92. The summed E-state index contributed by atoms with van der Waals surface area (Å²) in [7, 11) is -3.94. The molecule has 0 spiro atoms.